The van der Waals surface area contributed by atoms with Crippen LogP contribution in [-0.4, -0.2) is 42.1 Å². The monoisotopic (exact) mass is 529 g/mol. The fraction of sp³-hybridized carbons (Fsp3) is 0.560. The van der Waals surface area contributed by atoms with Crippen molar-refractivity contribution >= 4 is 17.7 Å². The van der Waals surface area contributed by atoms with Crippen molar-refractivity contribution in [3.63, 3.8) is 0 Å². The lowest BCUT2D eigenvalue weighted by molar-refractivity contribution is -0.143. The molecule has 6 nitrogen and oxygen atoms in total. The standard InChI is InChI=1S/C25H29F6N5O/c1-13-12-32-23(35-21(13)36(2)3)34-18-6-4-17(5-7-18)33-22(37)20-11-19(20)14-8-15(24(26,27)28)10-16(9-14)25(29,30)31/h8-10,12,17-20H,4-7,11H2,1-3H3,(H,33,37)(H,32,34,35). The van der Waals surface area contributed by atoms with Crippen LogP contribution in [0.3, 0.4) is 0 Å². The SMILES string of the molecule is Cc1cnc(NC2CCC(NC(=O)C3CC3c3cc(C(F)(F)F)cc(C(F)(F)F)c3)CC2)nc1N(C)C. The zero-order chi connectivity index (χ0) is 27.1. The first-order chi connectivity index (χ1) is 17.2. The van der Waals surface area contributed by atoms with Gasteiger partial charge in [0, 0.05) is 43.9 Å². The van der Waals surface area contributed by atoms with E-state index >= 15 is 0 Å². The number of hydrogen-bond acceptors (Lipinski definition) is 5. The number of alkyl halides is 6. The van der Waals surface area contributed by atoms with Crippen molar-refractivity contribution in [3.05, 3.63) is 46.6 Å². The average molecular weight is 530 g/mol. The molecule has 2 aromatic rings. The maximum absolute atomic E-state index is 13.2. The zero-order valence-corrected chi connectivity index (χ0v) is 20.7. The van der Waals surface area contributed by atoms with Crippen molar-refractivity contribution in [1.82, 2.24) is 15.3 Å². The summed E-state index contributed by atoms with van der Waals surface area (Å²) in [5, 5.41) is 6.27. The highest BCUT2D eigenvalue weighted by Gasteiger charge is 2.46. The summed E-state index contributed by atoms with van der Waals surface area (Å²) in [4.78, 5) is 23.5. The molecule has 0 radical (unpaired) electrons. The summed E-state index contributed by atoms with van der Waals surface area (Å²) in [6.07, 6.45) is -4.94. The predicted octanol–water partition coefficient (Wildman–Crippen LogP) is 5.53. The lowest BCUT2D eigenvalue weighted by atomic mass is 9.91. The minimum Gasteiger partial charge on any atom is -0.362 e. The highest BCUT2D eigenvalue weighted by Crippen LogP contribution is 2.50. The maximum atomic E-state index is 13.2. The third-order valence-electron chi connectivity index (χ3n) is 6.94. The predicted molar refractivity (Wildman–Crippen MR) is 126 cm³/mol. The van der Waals surface area contributed by atoms with Gasteiger partial charge < -0.3 is 15.5 Å². The van der Waals surface area contributed by atoms with E-state index in [2.05, 4.69) is 20.6 Å². The summed E-state index contributed by atoms with van der Waals surface area (Å²) < 4.78 is 79.0. The molecule has 2 unspecified atom stereocenters. The van der Waals surface area contributed by atoms with Gasteiger partial charge in [-0.3, -0.25) is 4.79 Å². The van der Waals surface area contributed by atoms with E-state index in [4.69, 9.17) is 0 Å². The van der Waals surface area contributed by atoms with Crippen LogP contribution in [0.15, 0.2) is 24.4 Å². The summed E-state index contributed by atoms with van der Waals surface area (Å²) in [5.74, 6) is -0.274. The molecule has 2 aliphatic rings. The fourth-order valence-electron chi connectivity index (χ4n) is 4.87. The van der Waals surface area contributed by atoms with Crippen molar-refractivity contribution in [3.8, 4) is 0 Å². The number of nitrogens with one attached hydrogen (secondary N) is 2. The van der Waals surface area contributed by atoms with Gasteiger partial charge in [-0.25, -0.2) is 4.98 Å². The normalized spacial score (nSPS) is 23.9. The number of aryl methyl sites for hydroxylation is 1. The Morgan fingerprint density at radius 2 is 1.51 bits per heavy atom. The number of benzene rings is 1. The van der Waals surface area contributed by atoms with Crippen LogP contribution < -0.4 is 15.5 Å². The molecular weight excluding hydrogens is 500 g/mol. The van der Waals surface area contributed by atoms with Gasteiger partial charge in [0.15, 0.2) is 0 Å². The van der Waals surface area contributed by atoms with E-state index in [1.807, 2.05) is 25.9 Å². The Morgan fingerprint density at radius 3 is 2.05 bits per heavy atom. The molecule has 2 fully saturated rings. The van der Waals surface area contributed by atoms with Crippen molar-refractivity contribution < 1.29 is 31.1 Å². The van der Waals surface area contributed by atoms with Gasteiger partial charge in [0.05, 0.1) is 11.1 Å². The van der Waals surface area contributed by atoms with Gasteiger partial charge >= 0.3 is 12.4 Å². The molecule has 1 amide bonds. The molecule has 4 rings (SSSR count). The largest absolute Gasteiger partial charge is 0.416 e. The molecule has 2 atom stereocenters. The maximum Gasteiger partial charge on any atom is 0.416 e. The lowest BCUT2D eigenvalue weighted by Gasteiger charge is -2.30. The second-order valence-electron chi connectivity index (χ2n) is 10.1. The molecule has 2 saturated carbocycles. The first kappa shape index (κ1) is 27.0. The van der Waals surface area contributed by atoms with E-state index < -0.39 is 35.3 Å². The number of nitrogens with zero attached hydrogens (tertiary/aromatic N) is 3. The minimum atomic E-state index is -4.91. The Bertz CT molecular complexity index is 1110. The molecule has 202 valence electrons. The highest BCUT2D eigenvalue weighted by molar-refractivity contribution is 5.83. The summed E-state index contributed by atoms with van der Waals surface area (Å²) in [6, 6.07) is 1.58. The summed E-state index contributed by atoms with van der Waals surface area (Å²) in [6.45, 7) is 1.93. The topological polar surface area (TPSA) is 70.1 Å². The van der Waals surface area contributed by atoms with Crippen LogP contribution in [0.5, 0.6) is 0 Å². The number of carbonyl (C=O) groups is 1. The van der Waals surface area contributed by atoms with Crippen LogP contribution in [0.4, 0.5) is 38.1 Å². The van der Waals surface area contributed by atoms with Crippen molar-refractivity contribution in [2.75, 3.05) is 24.3 Å². The average Bonchev–Trinajstić information content (AvgIpc) is 3.61. The molecule has 37 heavy (non-hydrogen) atoms. The van der Waals surface area contributed by atoms with Crippen LogP contribution in [0.25, 0.3) is 0 Å². The van der Waals surface area contributed by atoms with Crippen LogP contribution in [0.1, 0.15) is 60.3 Å². The molecule has 2 N–H and O–H groups in total. The van der Waals surface area contributed by atoms with E-state index in [0.717, 1.165) is 36.4 Å². The molecule has 0 spiro atoms. The zero-order valence-electron chi connectivity index (χ0n) is 20.7. The molecule has 1 aromatic heterocycles. The van der Waals surface area contributed by atoms with E-state index in [-0.39, 0.29) is 36.0 Å². The fourth-order valence-corrected chi connectivity index (χ4v) is 4.87. The number of halogens is 6. The number of carbonyl (C=O) groups excluding carboxylic acids is 1. The van der Waals surface area contributed by atoms with Gasteiger partial charge in [-0.15, -0.1) is 0 Å². The van der Waals surface area contributed by atoms with Crippen LogP contribution >= 0.6 is 0 Å². The van der Waals surface area contributed by atoms with Gasteiger partial charge in [-0.05, 0) is 68.7 Å². The minimum absolute atomic E-state index is 0.102. The first-order valence-electron chi connectivity index (χ1n) is 12.1. The number of amides is 1. The Hall–Kier alpha value is -3.05. The van der Waals surface area contributed by atoms with Crippen LogP contribution in [0.2, 0.25) is 0 Å². The smallest absolute Gasteiger partial charge is 0.362 e. The van der Waals surface area contributed by atoms with Gasteiger partial charge in [0.1, 0.15) is 5.82 Å². The Balaban J connectivity index is 1.32. The molecule has 0 bridgehead atoms. The summed E-state index contributed by atoms with van der Waals surface area (Å²) in [5.41, 5.74) is -1.86. The number of hydrogen-bond donors (Lipinski definition) is 2. The van der Waals surface area contributed by atoms with Crippen LogP contribution in [-0.2, 0) is 17.1 Å². The number of rotatable bonds is 6. The highest BCUT2D eigenvalue weighted by atomic mass is 19.4. The van der Waals surface area contributed by atoms with E-state index in [0.29, 0.717) is 18.8 Å². The quantitative estimate of drug-likeness (QED) is 0.482. The van der Waals surface area contributed by atoms with E-state index in [1.54, 1.807) is 6.20 Å². The second-order valence-corrected chi connectivity index (χ2v) is 10.1. The van der Waals surface area contributed by atoms with Crippen molar-refractivity contribution in [2.24, 2.45) is 5.92 Å². The van der Waals surface area contributed by atoms with Crippen molar-refractivity contribution in [1.29, 1.82) is 0 Å². The van der Waals surface area contributed by atoms with Gasteiger partial charge in [-0.2, -0.15) is 31.3 Å². The summed E-state index contributed by atoms with van der Waals surface area (Å²) >= 11 is 0. The van der Waals surface area contributed by atoms with Gasteiger partial charge in [-0.1, -0.05) is 0 Å². The Morgan fingerprint density at radius 1 is 0.946 bits per heavy atom. The Kier molecular flexibility index (Phi) is 7.31. The lowest BCUT2D eigenvalue weighted by Crippen LogP contribution is -2.41. The Labute approximate surface area is 210 Å². The molecule has 0 aliphatic heterocycles. The summed E-state index contributed by atoms with van der Waals surface area (Å²) in [7, 11) is 3.80. The van der Waals surface area contributed by atoms with E-state index in [9.17, 15) is 31.1 Å². The third kappa shape index (κ3) is 6.45. The van der Waals surface area contributed by atoms with Gasteiger partial charge in [0.2, 0.25) is 11.9 Å². The number of anilines is 2. The van der Waals surface area contributed by atoms with Crippen molar-refractivity contribution in [2.45, 2.75) is 69.4 Å². The molecule has 12 heteroatoms. The van der Waals surface area contributed by atoms with E-state index in [1.165, 1.54) is 0 Å². The molecular formula is C25H29F6N5O. The van der Waals surface area contributed by atoms with Crippen LogP contribution in [0, 0.1) is 12.8 Å². The molecule has 1 aromatic carbocycles. The molecule has 0 saturated heterocycles. The number of aromatic nitrogens is 2. The second kappa shape index (κ2) is 10.0. The first-order valence-corrected chi connectivity index (χ1v) is 12.1. The third-order valence-corrected chi connectivity index (χ3v) is 6.94. The van der Waals surface area contributed by atoms with Gasteiger partial charge in [0.25, 0.3) is 0 Å². The molecule has 1 heterocycles. The molecule has 2 aliphatic carbocycles.